The van der Waals surface area contributed by atoms with Gasteiger partial charge < -0.3 is 10.2 Å². The van der Waals surface area contributed by atoms with Crippen LogP contribution in [0.4, 0.5) is 0 Å². The van der Waals surface area contributed by atoms with E-state index in [0.29, 0.717) is 18.4 Å². The van der Waals surface area contributed by atoms with Gasteiger partial charge in [0.05, 0.1) is 5.60 Å². The monoisotopic (exact) mass is 195 g/mol. The van der Waals surface area contributed by atoms with Gasteiger partial charge in [-0.3, -0.25) is 4.98 Å². The summed E-state index contributed by atoms with van der Waals surface area (Å²) in [7, 11) is 0. The molecule has 78 valence electrons. The number of pyridine rings is 1. The van der Waals surface area contributed by atoms with Gasteiger partial charge in [-0.05, 0) is 18.9 Å². The third-order valence-corrected chi connectivity index (χ3v) is 2.73. The van der Waals surface area contributed by atoms with Crippen LogP contribution in [0.3, 0.4) is 0 Å². The van der Waals surface area contributed by atoms with Crippen LogP contribution in [-0.2, 0) is 0 Å². The van der Waals surface area contributed by atoms with Gasteiger partial charge in [-0.2, -0.15) is 0 Å². The van der Waals surface area contributed by atoms with Gasteiger partial charge in [0.2, 0.25) is 0 Å². The van der Waals surface area contributed by atoms with E-state index in [9.17, 15) is 10.2 Å². The number of rotatable bonds is 4. The van der Waals surface area contributed by atoms with E-state index in [-0.39, 0.29) is 0 Å². The highest BCUT2D eigenvalue weighted by Crippen LogP contribution is 2.30. The molecule has 0 amide bonds. The van der Waals surface area contributed by atoms with E-state index in [1.807, 2.05) is 13.8 Å². The van der Waals surface area contributed by atoms with Crippen molar-refractivity contribution in [3.05, 3.63) is 30.1 Å². The van der Waals surface area contributed by atoms with E-state index in [2.05, 4.69) is 4.98 Å². The summed E-state index contributed by atoms with van der Waals surface area (Å²) in [5.74, 6) is 0. The summed E-state index contributed by atoms with van der Waals surface area (Å²) in [5.41, 5.74) is -0.373. The Labute approximate surface area is 84.4 Å². The molecule has 0 saturated carbocycles. The number of nitrogens with zero attached hydrogens (tertiary/aromatic N) is 1. The predicted octanol–water partition coefficient (Wildman–Crippen LogP) is 1.67. The summed E-state index contributed by atoms with van der Waals surface area (Å²) in [6, 6.07) is 3.53. The maximum atomic E-state index is 10.1. The van der Waals surface area contributed by atoms with Crippen LogP contribution in [0.2, 0.25) is 0 Å². The SMILES string of the molecule is CCC(O)(CC)C(O)c1cccnc1. The molecule has 14 heavy (non-hydrogen) atoms. The first-order valence-electron chi connectivity index (χ1n) is 4.94. The van der Waals surface area contributed by atoms with Crippen LogP contribution in [0.5, 0.6) is 0 Å². The highest BCUT2D eigenvalue weighted by atomic mass is 16.3. The van der Waals surface area contributed by atoms with Gasteiger partial charge in [0.25, 0.3) is 0 Å². The molecule has 1 heterocycles. The lowest BCUT2D eigenvalue weighted by molar-refractivity contribution is -0.0822. The van der Waals surface area contributed by atoms with Gasteiger partial charge in [0.1, 0.15) is 6.10 Å². The minimum atomic E-state index is -1.04. The lowest BCUT2D eigenvalue weighted by Gasteiger charge is -2.30. The standard InChI is InChI=1S/C11H17NO2/c1-3-11(14,4-2)10(13)9-6-5-7-12-8-9/h5-8,10,13-14H,3-4H2,1-2H3. The first-order chi connectivity index (χ1) is 6.64. The maximum absolute atomic E-state index is 10.1. The normalized spacial score (nSPS) is 14.0. The van der Waals surface area contributed by atoms with Crippen LogP contribution in [-0.4, -0.2) is 20.8 Å². The Morgan fingerprint density at radius 2 is 2.07 bits per heavy atom. The van der Waals surface area contributed by atoms with Crippen molar-refractivity contribution in [2.45, 2.75) is 38.4 Å². The molecule has 0 fully saturated rings. The number of aromatic nitrogens is 1. The van der Waals surface area contributed by atoms with Crippen LogP contribution in [0, 0.1) is 0 Å². The molecule has 1 aromatic heterocycles. The molecule has 0 aliphatic carbocycles. The number of hydrogen-bond donors (Lipinski definition) is 2. The second-order valence-electron chi connectivity index (χ2n) is 3.50. The summed E-state index contributed by atoms with van der Waals surface area (Å²) >= 11 is 0. The lowest BCUT2D eigenvalue weighted by Crippen LogP contribution is -2.34. The fraction of sp³-hybridized carbons (Fsp3) is 0.545. The fourth-order valence-electron chi connectivity index (χ4n) is 1.48. The van der Waals surface area contributed by atoms with Crippen molar-refractivity contribution in [3.63, 3.8) is 0 Å². The van der Waals surface area contributed by atoms with Gasteiger partial charge in [-0.1, -0.05) is 19.9 Å². The van der Waals surface area contributed by atoms with Crippen molar-refractivity contribution in [1.82, 2.24) is 4.98 Å². The zero-order chi connectivity index (χ0) is 10.6. The molecule has 1 rings (SSSR count). The smallest absolute Gasteiger partial charge is 0.109 e. The summed E-state index contributed by atoms with van der Waals surface area (Å²) < 4.78 is 0. The van der Waals surface area contributed by atoms with Crippen LogP contribution in [0.25, 0.3) is 0 Å². The molecule has 2 N–H and O–H groups in total. The molecule has 0 aromatic carbocycles. The van der Waals surface area contributed by atoms with Gasteiger partial charge in [-0.15, -0.1) is 0 Å². The molecule has 1 aromatic rings. The molecular weight excluding hydrogens is 178 g/mol. The summed E-state index contributed by atoms with van der Waals surface area (Å²) in [5, 5.41) is 20.0. The Morgan fingerprint density at radius 1 is 1.43 bits per heavy atom. The van der Waals surface area contributed by atoms with E-state index in [1.54, 1.807) is 24.5 Å². The quantitative estimate of drug-likeness (QED) is 0.768. The second-order valence-corrected chi connectivity index (χ2v) is 3.50. The summed E-state index contributed by atoms with van der Waals surface area (Å²) in [6.45, 7) is 3.73. The zero-order valence-electron chi connectivity index (χ0n) is 8.64. The molecule has 3 heteroatoms. The molecule has 0 saturated heterocycles. The van der Waals surface area contributed by atoms with Crippen LogP contribution >= 0.6 is 0 Å². The predicted molar refractivity (Wildman–Crippen MR) is 54.7 cm³/mol. The van der Waals surface area contributed by atoms with Crippen LogP contribution < -0.4 is 0 Å². The average molecular weight is 195 g/mol. The number of hydrogen-bond acceptors (Lipinski definition) is 3. The van der Waals surface area contributed by atoms with Crippen molar-refractivity contribution in [3.8, 4) is 0 Å². The van der Waals surface area contributed by atoms with E-state index >= 15 is 0 Å². The Balaban J connectivity index is 2.89. The van der Waals surface area contributed by atoms with Crippen molar-refractivity contribution in [2.24, 2.45) is 0 Å². The third kappa shape index (κ3) is 2.11. The van der Waals surface area contributed by atoms with Gasteiger partial charge >= 0.3 is 0 Å². The van der Waals surface area contributed by atoms with E-state index in [0.717, 1.165) is 0 Å². The van der Waals surface area contributed by atoms with Crippen LogP contribution in [0.1, 0.15) is 38.4 Å². The Morgan fingerprint density at radius 3 is 2.50 bits per heavy atom. The summed E-state index contributed by atoms with van der Waals surface area (Å²) in [6.07, 6.45) is 3.43. The number of aliphatic hydroxyl groups excluding tert-OH is 1. The number of aliphatic hydroxyl groups is 2. The maximum Gasteiger partial charge on any atom is 0.109 e. The zero-order valence-corrected chi connectivity index (χ0v) is 8.64. The van der Waals surface area contributed by atoms with E-state index < -0.39 is 11.7 Å². The highest BCUT2D eigenvalue weighted by molar-refractivity contribution is 5.15. The molecule has 1 unspecified atom stereocenters. The topological polar surface area (TPSA) is 53.4 Å². The first-order valence-corrected chi connectivity index (χ1v) is 4.94. The largest absolute Gasteiger partial charge is 0.387 e. The molecule has 0 radical (unpaired) electrons. The minimum Gasteiger partial charge on any atom is -0.387 e. The Bertz CT molecular complexity index is 270. The minimum absolute atomic E-state index is 0.527. The van der Waals surface area contributed by atoms with Crippen molar-refractivity contribution < 1.29 is 10.2 Å². The molecule has 3 nitrogen and oxygen atoms in total. The van der Waals surface area contributed by atoms with Gasteiger partial charge in [-0.25, -0.2) is 0 Å². The van der Waals surface area contributed by atoms with E-state index in [4.69, 9.17) is 0 Å². The molecule has 0 spiro atoms. The highest BCUT2D eigenvalue weighted by Gasteiger charge is 2.32. The van der Waals surface area contributed by atoms with Crippen LogP contribution in [0.15, 0.2) is 24.5 Å². The lowest BCUT2D eigenvalue weighted by atomic mass is 9.87. The van der Waals surface area contributed by atoms with Crippen molar-refractivity contribution in [2.75, 3.05) is 0 Å². The van der Waals surface area contributed by atoms with Gasteiger partial charge in [0.15, 0.2) is 0 Å². The fourth-order valence-corrected chi connectivity index (χ4v) is 1.48. The van der Waals surface area contributed by atoms with Gasteiger partial charge in [0, 0.05) is 18.0 Å². The molecule has 0 bridgehead atoms. The molecular formula is C11H17NO2. The van der Waals surface area contributed by atoms with Crippen molar-refractivity contribution in [1.29, 1.82) is 0 Å². The molecule has 1 atom stereocenters. The second kappa shape index (κ2) is 4.53. The van der Waals surface area contributed by atoms with Crippen molar-refractivity contribution >= 4 is 0 Å². The average Bonchev–Trinajstić information content (AvgIpc) is 2.28. The Hall–Kier alpha value is -0.930. The Kier molecular flexibility index (Phi) is 3.61. The summed E-state index contributed by atoms with van der Waals surface area (Å²) in [4.78, 5) is 3.92. The molecule has 0 aliphatic heterocycles. The molecule has 0 aliphatic rings. The third-order valence-electron chi connectivity index (χ3n) is 2.73. The first kappa shape index (κ1) is 11.1. The van der Waals surface area contributed by atoms with E-state index in [1.165, 1.54) is 0 Å².